The Morgan fingerprint density at radius 1 is 1.24 bits per heavy atom. The van der Waals surface area contributed by atoms with Crippen molar-refractivity contribution in [2.75, 3.05) is 7.05 Å². The number of ether oxygens (including phenoxy) is 1. The van der Waals surface area contributed by atoms with Gasteiger partial charge in [0.25, 0.3) is 0 Å². The quantitative estimate of drug-likeness (QED) is 0.551. The molecule has 0 unspecified atom stereocenters. The molecule has 0 atom stereocenters. The SMILES string of the molecule is CN1C(C)(C)CC(OC(=O)C(Br)Br)CC1(C)C. The standard InChI is InChI=1S/C12H21Br2NO2/c1-11(2)6-8(17-10(16)9(13)14)7-12(3,4)15(11)5/h8-9H,6-7H2,1-5H3. The van der Waals surface area contributed by atoms with Crippen molar-refractivity contribution in [3.05, 3.63) is 0 Å². The molecule has 0 saturated carbocycles. The lowest BCUT2D eigenvalue weighted by atomic mass is 9.79. The van der Waals surface area contributed by atoms with Gasteiger partial charge in [-0.15, -0.1) is 0 Å². The molecule has 1 heterocycles. The minimum absolute atomic E-state index is 0.0127. The molecule has 0 radical (unpaired) electrons. The molecule has 0 bridgehead atoms. The lowest BCUT2D eigenvalue weighted by Crippen LogP contribution is -2.60. The van der Waals surface area contributed by atoms with Crippen molar-refractivity contribution in [2.45, 2.75) is 61.5 Å². The van der Waals surface area contributed by atoms with Crippen LogP contribution in [-0.4, -0.2) is 38.8 Å². The Hall–Kier alpha value is 0.390. The predicted octanol–water partition coefficient (Wildman–Crippen LogP) is 3.30. The fourth-order valence-electron chi connectivity index (χ4n) is 2.58. The number of nitrogens with zero attached hydrogens (tertiary/aromatic N) is 1. The first-order valence-electron chi connectivity index (χ1n) is 5.79. The van der Waals surface area contributed by atoms with Crippen molar-refractivity contribution in [3.8, 4) is 0 Å². The van der Waals surface area contributed by atoms with Crippen LogP contribution in [-0.2, 0) is 9.53 Å². The molecule has 3 nitrogen and oxygen atoms in total. The number of esters is 1. The maximum atomic E-state index is 11.6. The van der Waals surface area contributed by atoms with Crippen LogP contribution in [0.2, 0.25) is 0 Å². The summed E-state index contributed by atoms with van der Waals surface area (Å²) in [4.78, 5) is 14.0. The Morgan fingerprint density at radius 2 is 1.65 bits per heavy atom. The fourth-order valence-corrected chi connectivity index (χ4v) is 2.79. The van der Waals surface area contributed by atoms with E-state index in [1.807, 2.05) is 0 Å². The Balaban J connectivity index is 2.75. The minimum Gasteiger partial charge on any atom is -0.461 e. The summed E-state index contributed by atoms with van der Waals surface area (Å²) in [5.41, 5.74) is 0.0850. The van der Waals surface area contributed by atoms with Gasteiger partial charge in [0.1, 0.15) is 6.10 Å². The van der Waals surface area contributed by atoms with Crippen LogP contribution < -0.4 is 0 Å². The van der Waals surface area contributed by atoms with Crippen molar-refractivity contribution in [1.29, 1.82) is 0 Å². The number of rotatable bonds is 2. The van der Waals surface area contributed by atoms with Crippen LogP contribution >= 0.6 is 31.9 Å². The number of hydrogen-bond donors (Lipinski definition) is 0. The summed E-state index contributed by atoms with van der Waals surface area (Å²) in [5.74, 6) is -0.244. The summed E-state index contributed by atoms with van der Waals surface area (Å²) in [7, 11) is 2.13. The number of carbonyl (C=O) groups is 1. The Kier molecular flexibility index (Phi) is 4.70. The summed E-state index contributed by atoms with van der Waals surface area (Å²) >= 11 is 6.33. The molecular formula is C12H21Br2NO2. The van der Waals surface area contributed by atoms with E-state index in [1.54, 1.807) is 0 Å². The largest absolute Gasteiger partial charge is 0.461 e. The minimum atomic E-state index is -0.416. The summed E-state index contributed by atoms with van der Waals surface area (Å²) in [6.07, 6.45) is 1.72. The van der Waals surface area contributed by atoms with Gasteiger partial charge >= 0.3 is 5.97 Å². The van der Waals surface area contributed by atoms with Crippen LogP contribution in [0.25, 0.3) is 0 Å². The highest BCUT2D eigenvalue weighted by Gasteiger charge is 2.44. The van der Waals surface area contributed by atoms with Crippen LogP contribution in [0, 0.1) is 0 Å². The van der Waals surface area contributed by atoms with Gasteiger partial charge < -0.3 is 4.74 Å². The van der Waals surface area contributed by atoms with Crippen LogP contribution in [0.15, 0.2) is 0 Å². The Morgan fingerprint density at radius 3 is 2.00 bits per heavy atom. The van der Waals surface area contributed by atoms with Crippen LogP contribution in [0.4, 0.5) is 0 Å². The van der Waals surface area contributed by atoms with E-state index in [0.717, 1.165) is 12.8 Å². The average Bonchev–Trinajstić information content (AvgIpc) is 2.12. The zero-order valence-electron chi connectivity index (χ0n) is 11.1. The van der Waals surface area contributed by atoms with E-state index in [4.69, 9.17) is 4.74 Å². The number of likely N-dealkylation sites (tertiary alicyclic amines) is 1. The number of piperidine rings is 1. The maximum absolute atomic E-state index is 11.6. The molecular weight excluding hydrogens is 350 g/mol. The maximum Gasteiger partial charge on any atom is 0.330 e. The molecule has 1 rings (SSSR count). The molecule has 17 heavy (non-hydrogen) atoms. The number of halogens is 2. The van der Waals surface area contributed by atoms with E-state index in [0.29, 0.717) is 0 Å². The van der Waals surface area contributed by atoms with Crippen molar-refractivity contribution < 1.29 is 9.53 Å². The Bertz CT molecular complexity index is 285. The van der Waals surface area contributed by atoms with Gasteiger partial charge in [-0.05, 0) is 34.7 Å². The summed E-state index contributed by atoms with van der Waals surface area (Å²) in [5, 5.41) is 0. The molecule has 1 saturated heterocycles. The molecule has 1 fully saturated rings. The molecule has 100 valence electrons. The number of carbonyl (C=O) groups excluding carboxylic acids is 1. The third-order valence-electron chi connectivity index (χ3n) is 3.73. The second-order valence-electron chi connectivity index (χ2n) is 5.95. The van der Waals surface area contributed by atoms with Crippen molar-refractivity contribution in [2.24, 2.45) is 0 Å². The smallest absolute Gasteiger partial charge is 0.330 e. The van der Waals surface area contributed by atoms with Crippen LogP contribution in [0.3, 0.4) is 0 Å². The lowest BCUT2D eigenvalue weighted by molar-refractivity contribution is -0.156. The van der Waals surface area contributed by atoms with Crippen molar-refractivity contribution in [3.63, 3.8) is 0 Å². The second-order valence-corrected chi connectivity index (χ2v) is 9.01. The normalized spacial score (nSPS) is 24.9. The molecule has 0 spiro atoms. The molecule has 1 aliphatic heterocycles. The van der Waals surface area contributed by atoms with Gasteiger partial charge in [-0.2, -0.15) is 0 Å². The number of alkyl halides is 2. The van der Waals surface area contributed by atoms with Gasteiger partial charge in [0, 0.05) is 23.9 Å². The number of hydrogen-bond acceptors (Lipinski definition) is 3. The molecule has 0 aromatic rings. The third kappa shape index (κ3) is 3.67. The monoisotopic (exact) mass is 369 g/mol. The molecule has 0 aromatic heterocycles. The highest BCUT2D eigenvalue weighted by atomic mass is 79.9. The average molecular weight is 371 g/mol. The molecule has 1 aliphatic rings. The highest BCUT2D eigenvalue weighted by molar-refractivity contribution is 9.25. The molecule has 0 aliphatic carbocycles. The van der Waals surface area contributed by atoms with E-state index in [9.17, 15) is 4.79 Å². The van der Waals surface area contributed by atoms with E-state index >= 15 is 0 Å². The molecule has 0 aromatic carbocycles. The van der Waals surface area contributed by atoms with E-state index < -0.39 is 3.74 Å². The van der Waals surface area contributed by atoms with Crippen LogP contribution in [0.5, 0.6) is 0 Å². The predicted molar refractivity (Wildman–Crippen MR) is 76.7 cm³/mol. The summed E-state index contributed by atoms with van der Waals surface area (Å²) in [6.45, 7) is 8.76. The van der Waals surface area contributed by atoms with Crippen LogP contribution in [0.1, 0.15) is 40.5 Å². The highest BCUT2D eigenvalue weighted by Crippen LogP contribution is 2.38. The van der Waals surface area contributed by atoms with Gasteiger partial charge in [-0.3, -0.25) is 4.90 Å². The van der Waals surface area contributed by atoms with E-state index in [1.165, 1.54) is 0 Å². The van der Waals surface area contributed by atoms with Crippen molar-refractivity contribution in [1.82, 2.24) is 4.90 Å². The Labute approximate surface area is 121 Å². The summed E-state index contributed by atoms with van der Waals surface area (Å²) < 4.78 is 5.10. The van der Waals surface area contributed by atoms with Gasteiger partial charge in [0.2, 0.25) is 0 Å². The van der Waals surface area contributed by atoms with E-state index in [-0.39, 0.29) is 23.2 Å². The van der Waals surface area contributed by atoms with Gasteiger partial charge in [0.05, 0.1) is 0 Å². The lowest BCUT2D eigenvalue weighted by Gasteiger charge is -2.53. The first kappa shape index (κ1) is 15.4. The molecule has 5 heteroatoms. The first-order chi connectivity index (χ1) is 7.56. The van der Waals surface area contributed by atoms with Crippen molar-refractivity contribution >= 4 is 37.8 Å². The topological polar surface area (TPSA) is 29.5 Å². The van der Waals surface area contributed by atoms with Gasteiger partial charge in [-0.1, -0.05) is 31.9 Å². The van der Waals surface area contributed by atoms with E-state index in [2.05, 4.69) is 71.5 Å². The zero-order chi connectivity index (χ0) is 13.4. The van der Waals surface area contributed by atoms with Gasteiger partial charge in [-0.25, -0.2) is 4.79 Å². The third-order valence-corrected chi connectivity index (χ3v) is 4.48. The zero-order valence-corrected chi connectivity index (χ0v) is 14.3. The second kappa shape index (κ2) is 5.17. The van der Waals surface area contributed by atoms with Gasteiger partial charge in [0.15, 0.2) is 3.74 Å². The summed E-state index contributed by atoms with van der Waals surface area (Å²) in [6, 6.07) is 0. The first-order valence-corrected chi connectivity index (χ1v) is 7.62. The fraction of sp³-hybridized carbons (Fsp3) is 0.917. The molecule has 0 N–H and O–H groups in total. The molecule has 0 amide bonds.